The van der Waals surface area contributed by atoms with E-state index in [1.807, 2.05) is 44.3 Å². The van der Waals surface area contributed by atoms with Crippen LogP contribution in [0.1, 0.15) is 18.2 Å². The maximum atomic E-state index is 5.77. The predicted molar refractivity (Wildman–Crippen MR) is 74.5 cm³/mol. The molecule has 3 heteroatoms. The Balaban J connectivity index is 2.31. The van der Waals surface area contributed by atoms with Crippen LogP contribution in [-0.4, -0.2) is 9.97 Å². The van der Waals surface area contributed by atoms with E-state index in [2.05, 4.69) is 16.0 Å². The molecule has 0 unspecified atom stereocenters. The molecule has 0 spiro atoms. The molecule has 3 aromatic heterocycles. The summed E-state index contributed by atoms with van der Waals surface area (Å²) in [5.41, 5.74) is 3.95. The van der Waals surface area contributed by atoms with Crippen LogP contribution >= 0.6 is 0 Å². The molecule has 0 aliphatic heterocycles. The average Bonchev–Trinajstić information content (AvgIpc) is 2.86. The number of hydrogen-bond donors (Lipinski definition) is 1. The van der Waals surface area contributed by atoms with Gasteiger partial charge >= 0.3 is 0 Å². The zero-order valence-corrected chi connectivity index (χ0v) is 10.4. The number of H-pyrrole nitrogens is 1. The molecule has 0 aromatic carbocycles. The van der Waals surface area contributed by atoms with Gasteiger partial charge in [0, 0.05) is 29.0 Å². The molecule has 3 heterocycles. The maximum Gasteiger partial charge on any atom is 0.206 e. The standard InChI is InChI=1S/C15H14N2O/c1-3-4-5-6-11-10(2)17-15-14(11)12-9-16-8-7-13(12)18-15/h3-9,17H,1-2H3/b4-3?,6-5-. The van der Waals surface area contributed by atoms with E-state index in [-0.39, 0.29) is 0 Å². The van der Waals surface area contributed by atoms with Gasteiger partial charge in [-0.05, 0) is 19.9 Å². The van der Waals surface area contributed by atoms with Gasteiger partial charge in [-0.15, -0.1) is 0 Å². The number of fused-ring (bicyclic) bond motifs is 3. The monoisotopic (exact) mass is 238 g/mol. The highest BCUT2D eigenvalue weighted by molar-refractivity contribution is 6.08. The fourth-order valence-electron chi connectivity index (χ4n) is 2.19. The fourth-order valence-corrected chi connectivity index (χ4v) is 2.19. The lowest BCUT2D eigenvalue weighted by Crippen LogP contribution is -1.76. The SMILES string of the molecule is CC=C/C=C\c1c(C)[nH]c2oc3ccncc3c12. The number of allylic oxidation sites excluding steroid dienone is 3. The van der Waals surface area contributed by atoms with Gasteiger partial charge in [-0.2, -0.15) is 0 Å². The molecule has 18 heavy (non-hydrogen) atoms. The summed E-state index contributed by atoms with van der Waals surface area (Å²) in [7, 11) is 0. The Hall–Kier alpha value is -2.29. The van der Waals surface area contributed by atoms with E-state index in [1.165, 1.54) is 0 Å². The van der Waals surface area contributed by atoms with Crippen molar-refractivity contribution in [2.75, 3.05) is 0 Å². The van der Waals surface area contributed by atoms with Crippen LogP contribution in [0.15, 0.2) is 41.1 Å². The van der Waals surface area contributed by atoms with Gasteiger partial charge < -0.3 is 9.40 Å². The lowest BCUT2D eigenvalue weighted by atomic mass is 10.1. The summed E-state index contributed by atoms with van der Waals surface area (Å²) in [6, 6.07) is 1.89. The van der Waals surface area contributed by atoms with Crippen molar-refractivity contribution in [1.82, 2.24) is 9.97 Å². The summed E-state index contributed by atoms with van der Waals surface area (Å²) >= 11 is 0. The van der Waals surface area contributed by atoms with Crippen molar-refractivity contribution in [2.45, 2.75) is 13.8 Å². The highest BCUT2D eigenvalue weighted by atomic mass is 16.3. The maximum absolute atomic E-state index is 5.77. The second-order valence-electron chi connectivity index (χ2n) is 4.23. The molecule has 0 bridgehead atoms. The molecular formula is C15H14N2O. The number of pyridine rings is 1. The highest BCUT2D eigenvalue weighted by Crippen LogP contribution is 2.32. The minimum absolute atomic E-state index is 0.815. The molecule has 3 rings (SSSR count). The first-order chi connectivity index (χ1) is 8.81. The number of aryl methyl sites for hydroxylation is 1. The normalized spacial score (nSPS) is 12.6. The van der Waals surface area contributed by atoms with Gasteiger partial charge in [-0.3, -0.25) is 4.98 Å². The Bertz CT molecular complexity index is 759. The van der Waals surface area contributed by atoms with Crippen LogP contribution in [0.3, 0.4) is 0 Å². The van der Waals surface area contributed by atoms with Crippen molar-refractivity contribution < 1.29 is 4.42 Å². The summed E-state index contributed by atoms with van der Waals surface area (Å²) < 4.78 is 5.77. The van der Waals surface area contributed by atoms with E-state index in [9.17, 15) is 0 Å². The summed E-state index contributed by atoms with van der Waals surface area (Å²) in [5.74, 6) is 0. The highest BCUT2D eigenvalue weighted by Gasteiger charge is 2.14. The lowest BCUT2D eigenvalue weighted by molar-refractivity contribution is 0.654. The first-order valence-corrected chi connectivity index (χ1v) is 5.95. The number of hydrogen-bond acceptors (Lipinski definition) is 2. The molecule has 3 aromatic rings. The number of nitrogens with one attached hydrogen (secondary N) is 1. The third-order valence-electron chi connectivity index (χ3n) is 3.03. The summed E-state index contributed by atoms with van der Waals surface area (Å²) in [5, 5.41) is 2.16. The van der Waals surface area contributed by atoms with Crippen LogP contribution in [0.5, 0.6) is 0 Å². The molecule has 0 fully saturated rings. The third kappa shape index (κ3) is 1.56. The first kappa shape index (κ1) is 10.8. The molecule has 3 nitrogen and oxygen atoms in total. The molecule has 0 aliphatic carbocycles. The van der Waals surface area contributed by atoms with Gasteiger partial charge in [0.1, 0.15) is 5.58 Å². The minimum atomic E-state index is 0.815. The van der Waals surface area contributed by atoms with Crippen LogP contribution < -0.4 is 0 Å². The van der Waals surface area contributed by atoms with Crippen molar-refractivity contribution in [3.63, 3.8) is 0 Å². The number of rotatable bonds is 2. The number of aromatic nitrogens is 2. The van der Waals surface area contributed by atoms with Crippen LogP contribution in [-0.2, 0) is 0 Å². The van der Waals surface area contributed by atoms with E-state index in [4.69, 9.17) is 4.42 Å². The Morgan fingerprint density at radius 1 is 1.33 bits per heavy atom. The Morgan fingerprint density at radius 3 is 3.06 bits per heavy atom. The summed E-state index contributed by atoms with van der Waals surface area (Å²) in [4.78, 5) is 7.44. The Labute approximate surface area is 105 Å². The van der Waals surface area contributed by atoms with Crippen LogP contribution in [0.25, 0.3) is 28.1 Å². The number of aromatic amines is 1. The quantitative estimate of drug-likeness (QED) is 0.679. The molecule has 0 amide bonds. The van der Waals surface area contributed by atoms with E-state index >= 15 is 0 Å². The second-order valence-corrected chi connectivity index (χ2v) is 4.23. The molecule has 0 aliphatic rings. The van der Waals surface area contributed by atoms with E-state index < -0.39 is 0 Å². The van der Waals surface area contributed by atoms with Crippen molar-refractivity contribution in [3.05, 3.63) is 47.9 Å². The Kier molecular flexibility index (Phi) is 2.52. The molecule has 0 saturated carbocycles. The molecule has 1 N–H and O–H groups in total. The van der Waals surface area contributed by atoms with E-state index in [0.29, 0.717) is 0 Å². The van der Waals surface area contributed by atoms with Gasteiger partial charge in [-0.1, -0.05) is 24.3 Å². The number of furan rings is 1. The average molecular weight is 238 g/mol. The van der Waals surface area contributed by atoms with Gasteiger partial charge in [-0.25, -0.2) is 0 Å². The summed E-state index contributed by atoms with van der Waals surface area (Å²) in [6.07, 6.45) is 11.7. The van der Waals surface area contributed by atoms with Gasteiger partial charge in [0.25, 0.3) is 0 Å². The first-order valence-electron chi connectivity index (χ1n) is 5.95. The lowest BCUT2D eigenvalue weighted by Gasteiger charge is -1.92. The smallest absolute Gasteiger partial charge is 0.206 e. The Morgan fingerprint density at radius 2 is 2.22 bits per heavy atom. The van der Waals surface area contributed by atoms with Gasteiger partial charge in [0.15, 0.2) is 0 Å². The topological polar surface area (TPSA) is 41.8 Å². The fraction of sp³-hybridized carbons (Fsp3) is 0.133. The number of nitrogens with zero attached hydrogens (tertiary/aromatic N) is 1. The van der Waals surface area contributed by atoms with Gasteiger partial charge in [0.05, 0.1) is 5.39 Å². The molecule has 0 saturated heterocycles. The predicted octanol–water partition coefficient (Wildman–Crippen LogP) is 4.21. The minimum Gasteiger partial charge on any atom is -0.440 e. The largest absolute Gasteiger partial charge is 0.440 e. The van der Waals surface area contributed by atoms with Crippen molar-refractivity contribution >= 4 is 28.1 Å². The van der Waals surface area contributed by atoms with Crippen LogP contribution in [0.4, 0.5) is 0 Å². The third-order valence-corrected chi connectivity index (χ3v) is 3.03. The molecular weight excluding hydrogens is 224 g/mol. The van der Waals surface area contributed by atoms with Crippen molar-refractivity contribution in [2.24, 2.45) is 0 Å². The zero-order chi connectivity index (χ0) is 12.5. The second kappa shape index (κ2) is 4.18. The van der Waals surface area contributed by atoms with Crippen LogP contribution in [0, 0.1) is 6.92 Å². The molecule has 0 atom stereocenters. The van der Waals surface area contributed by atoms with Crippen LogP contribution in [0.2, 0.25) is 0 Å². The van der Waals surface area contributed by atoms with Gasteiger partial charge in [0.2, 0.25) is 5.71 Å². The van der Waals surface area contributed by atoms with Crippen molar-refractivity contribution in [1.29, 1.82) is 0 Å². The van der Waals surface area contributed by atoms with Crippen molar-refractivity contribution in [3.8, 4) is 0 Å². The van der Waals surface area contributed by atoms with E-state index in [1.54, 1.807) is 6.20 Å². The summed E-state index contributed by atoms with van der Waals surface area (Å²) in [6.45, 7) is 4.05. The zero-order valence-electron chi connectivity index (χ0n) is 10.4. The molecule has 0 radical (unpaired) electrons. The van der Waals surface area contributed by atoms with E-state index in [0.717, 1.165) is 33.3 Å². The molecule has 90 valence electrons.